The first-order chi connectivity index (χ1) is 16.6. The van der Waals surface area contributed by atoms with Crippen molar-refractivity contribution in [2.45, 2.75) is 144 Å². The van der Waals surface area contributed by atoms with Crippen molar-refractivity contribution in [2.75, 3.05) is 13.4 Å². The van der Waals surface area contributed by atoms with E-state index in [0.717, 1.165) is 43.8 Å². The Balaban J connectivity index is 3.58. The van der Waals surface area contributed by atoms with Gasteiger partial charge in [0.25, 0.3) is 0 Å². The van der Waals surface area contributed by atoms with Crippen LogP contribution in [0.25, 0.3) is 0 Å². The molecule has 0 bridgehead atoms. The number of unbranched alkanes of at least 4 members (excludes halogenated alkanes) is 1. The van der Waals surface area contributed by atoms with Crippen LogP contribution in [-0.4, -0.2) is 53.6 Å². The molecular weight excluding hydrogens is 484 g/mol. The van der Waals surface area contributed by atoms with Gasteiger partial charge in [0.15, 0.2) is 8.32 Å². The number of carbonyl (C=O) groups excluding carboxylic acids is 1. The second-order valence-corrected chi connectivity index (χ2v) is 23.0. The van der Waals surface area contributed by atoms with Crippen molar-refractivity contribution >= 4 is 22.4 Å². The van der Waals surface area contributed by atoms with Gasteiger partial charge in [-0.2, -0.15) is 0 Å². The minimum absolute atomic E-state index is 0.0531. The quantitative estimate of drug-likeness (QED) is 0.174. The number of esters is 1. The first kappa shape index (κ1) is 33.6. The van der Waals surface area contributed by atoms with Gasteiger partial charge in [-0.15, -0.1) is 0 Å². The predicted molar refractivity (Wildman–Crippen MR) is 156 cm³/mol. The Morgan fingerprint density at radius 1 is 1.08 bits per heavy atom. The first-order valence-corrected chi connectivity index (χ1v) is 20.5. The number of hydrogen-bond donors (Lipinski definition) is 0. The lowest BCUT2D eigenvalue weighted by atomic mass is 9.80. The Hall–Kier alpha value is -0.476. The van der Waals surface area contributed by atoms with Crippen molar-refractivity contribution in [1.29, 1.82) is 0 Å². The normalized spacial score (nSPS) is 26.6. The summed E-state index contributed by atoms with van der Waals surface area (Å²) in [6.07, 6.45) is 3.99. The van der Waals surface area contributed by atoms with Gasteiger partial charge in [0.1, 0.15) is 19.0 Å². The van der Waals surface area contributed by atoms with Gasteiger partial charge in [-0.1, -0.05) is 71.5 Å². The average Bonchev–Trinajstić information content (AvgIpc) is 2.89. The molecule has 0 radical (unpaired) electrons. The second kappa shape index (κ2) is 14.1. The van der Waals surface area contributed by atoms with E-state index in [4.69, 9.17) is 18.6 Å². The number of allylic oxidation sites excluding steroid dienone is 1. The maximum Gasteiger partial charge on any atom is 0.311 e. The number of hydrogen-bond acceptors (Lipinski definition) is 5. The molecule has 0 saturated carbocycles. The van der Waals surface area contributed by atoms with Crippen LogP contribution in [0.15, 0.2) is 11.3 Å². The molecule has 0 aromatic heterocycles. The number of rotatable bonds is 13. The third-order valence-corrected chi connectivity index (χ3v) is 13.6. The van der Waals surface area contributed by atoms with Crippen LogP contribution >= 0.6 is 0 Å². The minimum atomic E-state index is -2.00. The molecule has 1 fully saturated rings. The molecule has 212 valence electrons. The lowest BCUT2D eigenvalue weighted by Gasteiger charge is -2.45. The summed E-state index contributed by atoms with van der Waals surface area (Å²) < 4.78 is 26.1. The number of carbonyl (C=O) groups is 1. The van der Waals surface area contributed by atoms with Gasteiger partial charge in [-0.3, -0.25) is 4.79 Å². The van der Waals surface area contributed by atoms with Crippen molar-refractivity contribution in [1.82, 2.24) is 0 Å². The lowest BCUT2D eigenvalue weighted by molar-refractivity contribution is -0.189. The molecule has 0 aliphatic carbocycles. The summed E-state index contributed by atoms with van der Waals surface area (Å²) in [5.74, 6) is -0.0726. The van der Waals surface area contributed by atoms with E-state index < -0.39 is 27.4 Å². The minimum Gasteiger partial charge on any atom is -0.462 e. The van der Waals surface area contributed by atoms with Gasteiger partial charge in [0, 0.05) is 5.92 Å². The summed E-state index contributed by atoms with van der Waals surface area (Å²) in [6.45, 7) is 26.5. The molecule has 0 N–H and O–H groups in total. The summed E-state index contributed by atoms with van der Waals surface area (Å²) in [5.41, 5.74) is 2.57. The average molecular weight is 543 g/mol. The highest BCUT2D eigenvalue weighted by Crippen LogP contribution is 2.41. The molecule has 1 saturated heterocycles. The maximum absolute atomic E-state index is 12.8. The fraction of sp³-hybridized carbons (Fsp3) is 0.897. The third-order valence-electron chi connectivity index (χ3n) is 7.63. The van der Waals surface area contributed by atoms with E-state index in [1.54, 1.807) is 0 Å². The van der Waals surface area contributed by atoms with E-state index >= 15 is 0 Å². The molecule has 1 rings (SSSR count). The molecule has 4 atom stereocenters. The van der Waals surface area contributed by atoms with Gasteiger partial charge in [0.05, 0.1) is 25.7 Å². The molecule has 1 aliphatic rings. The summed E-state index contributed by atoms with van der Waals surface area (Å²) in [7, 11) is -3.37. The van der Waals surface area contributed by atoms with E-state index in [1.807, 2.05) is 20.8 Å². The Kier molecular flexibility index (Phi) is 13.1. The summed E-state index contributed by atoms with van der Waals surface area (Å²) >= 11 is 0. The van der Waals surface area contributed by atoms with Gasteiger partial charge in [-0.25, -0.2) is 0 Å². The van der Waals surface area contributed by atoms with Crippen molar-refractivity contribution in [3.63, 3.8) is 0 Å². The van der Waals surface area contributed by atoms with Crippen LogP contribution < -0.4 is 0 Å². The Morgan fingerprint density at radius 3 is 2.14 bits per heavy atom. The fourth-order valence-electron chi connectivity index (χ4n) is 5.25. The molecule has 36 heavy (non-hydrogen) atoms. The van der Waals surface area contributed by atoms with Gasteiger partial charge in [0.2, 0.25) is 0 Å². The van der Waals surface area contributed by atoms with E-state index in [1.165, 1.54) is 5.57 Å². The second-order valence-electron chi connectivity index (χ2n) is 13.3. The van der Waals surface area contributed by atoms with E-state index in [9.17, 15) is 4.79 Å². The molecule has 0 amide bonds. The van der Waals surface area contributed by atoms with E-state index in [-0.39, 0.29) is 37.5 Å². The largest absolute Gasteiger partial charge is 0.462 e. The van der Waals surface area contributed by atoms with Crippen LogP contribution in [0.4, 0.5) is 0 Å². The van der Waals surface area contributed by atoms with Crippen LogP contribution in [0, 0.1) is 11.3 Å². The molecule has 0 spiro atoms. The highest BCUT2D eigenvalue weighted by Gasteiger charge is 2.51. The molecule has 7 heteroatoms. The van der Waals surface area contributed by atoms with Gasteiger partial charge in [-0.05, 0) is 65.6 Å². The van der Waals surface area contributed by atoms with Crippen LogP contribution in [0.2, 0.25) is 37.8 Å². The molecule has 1 heterocycles. The van der Waals surface area contributed by atoms with E-state index in [2.05, 4.69) is 66.9 Å². The molecule has 1 aliphatic heterocycles. The van der Waals surface area contributed by atoms with E-state index in [0.29, 0.717) is 0 Å². The van der Waals surface area contributed by atoms with Crippen LogP contribution in [0.5, 0.6) is 0 Å². The molecule has 5 nitrogen and oxygen atoms in total. The zero-order valence-electron chi connectivity index (χ0n) is 25.7. The highest BCUT2D eigenvalue weighted by atomic mass is 28.4. The Bertz CT molecular complexity index is 697. The van der Waals surface area contributed by atoms with Crippen molar-refractivity contribution in [3.8, 4) is 0 Å². The third kappa shape index (κ3) is 10.0. The van der Waals surface area contributed by atoms with Crippen LogP contribution in [-0.2, 0) is 23.4 Å². The zero-order valence-corrected chi connectivity index (χ0v) is 27.7. The Morgan fingerprint density at radius 2 is 1.67 bits per heavy atom. The fourth-order valence-corrected chi connectivity index (χ4v) is 9.81. The lowest BCUT2D eigenvalue weighted by Crippen LogP contribution is -2.57. The smallest absolute Gasteiger partial charge is 0.311 e. The standard InChI is InChI=1S/C29H58O5Si2/c1-13-17-18-25-24(19-23(5)20-35(10,11)12)26(34-36(14-2,15-3)16-4)29(9,33-22-32-25)21-31-27(30)28(6,7)8/h20,24-26H,13-19,21-22H2,1-12H3/b23-20+/t24-,25-,26+,29+/m1/s1. The van der Waals surface area contributed by atoms with Crippen molar-refractivity contribution in [3.05, 3.63) is 11.3 Å². The maximum atomic E-state index is 12.8. The monoisotopic (exact) mass is 542 g/mol. The topological polar surface area (TPSA) is 54.0 Å². The van der Waals surface area contributed by atoms with Crippen LogP contribution in [0.3, 0.4) is 0 Å². The summed E-state index contributed by atoms with van der Waals surface area (Å²) in [5, 5.41) is 0. The zero-order chi connectivity index (χ0) is 27.8. The molecule has 0 unspecified atom stereocenters. The highest BCUT2D eigenvalue weighted by molar-refractivity contribution is 6.81. The van der Waals surface area contributed by atoms with Gasteiger partial charge >= 0.3 is 5.97 Å². The number of ether oxygens (including phenoxy) is 3. The summed E-state index contributed by atoms with van der Waals surface area (Å²) in [6, 6.07) is 3.18. The first-order valence-electron chi connectivity index (χ1n) is 14.3. The SMILES string of the molecule is CCCC[C@H]1OCO[C@@](C)(COC(=O)C(C)(C)C)[C@@H](O[Si](CC)(CC)CC)[C@@H]1C/C(C)=C/[Si](C)(C)C. The van der Waals surface area contributed by atoms with Crippen molar-refractivity contribution < 1.29 is 23.4 Å². The Labute approximate surface area is 225 Å². The summed E-state index contributed by atoms with van der Waals surface area (Å²) in [4.78, 5) is 12.8. The predicted octanol–water partition coefficient (Wildman–Crippen LogP) is 8.12. The molecular formula is C29H58O5Si2. The molecule has 0 aromatic rings. The molecule has 0 aromatic carbocycles. The van der Waals surface area contributed by atoms with Gasteiger partial charge < -0.3 is 18.6 Å². The van der Waals surface area contributed by atoms with Crippen LogP contribution in [0.1, 0.15) is 88.0 Å². The van der Waals surface area contributed by atoms with Crippen molar-refractivity contribution in [2.24, 2.45) is 11.3 Å².